The van der Waals surface area contributed by atoms with Gasteiger partial charge in [0, 0.05) is 41.4 Å². The van der Waals surface area contributed by atoms with Gasteiger partial charge in [-0.2, -0.15) is 0 Å². The number of aliphatic carboxylic acids is 1. The van der Waals surface area contributed by atoms with E-state index in [0.29, 0.717) is 36.1 Å². The molecule has 27 heavy (non-hydrogen) atoms. The van der Waals surface area contributed by atoms with Gasteiger partial charge in [-0.05, 0) is 43.2 Å². The number of carboxylic acid groups (broad SMARTS) is 1. The Labute approximate surface area is 163 Å². The third-order valence-corrected chi connectivity index (χ3v) is 5.17. The molecule has 0 bridgehead atoms. The fraction of sp³-hybridized carbons (Fsp3) is 0.368. The van der Waals surface area contributed by atoms with Gasteiger partial charge in [-0.25, -0.2) is 13.6 Å². The summed E-state index contributed by atoms with van der Waals surface area (Å²) in [6.07, 6.45) is 1.21. The molecule has 5 nitrogen and oxygen atoms in total. The molecule has 0 amide bonds. The molecule has 1 N–H and O–H groups in total. The summed E-state index contributed by atoms with van der Waals surface area (Å²) in [5.41, 5.74) is 0.536. The predicted molar refractivity (Wildman–Crippen MR) is 100 cm³/mol. The number of carboxylic acids is 1. The van der Waals surface area contributed by atoms with E-state index in [4.69, 9.17) is 0 Å². The van der Waals surface area contributed by atoms with Crippen molar-refractivity contribution in [3.05, 3.63) is 67.8 Å². The molecular formula is C19H19BrF2N2O3. The predicted octanol–water partition coefficient (Wildman–Crippen LogP) is 2.93. The molecule has 2 aromatic rings. The van der Waals surface area contributed by atoms with Crippen molar-refractivity contribution in [3.8, 4) is 0 Å². The van der Waals surface area contributed by atoms with Crippen LogP contribution in [0.5, 0.6) is 0 Å². The summed E-state index contributed by atoms with van der Waals surface area (Å²) in [4.78, 5) is 26.4. The molecule has 0 spiro atoms. The van der Waals surface area contributed by atoms with E-state index in [1.54, 1.807) is 13.0 Å². The van der Waals surface area contributed by atoms with Crippen molar-refractivity contribution in [1.82, 2.24) is 9.47 Å². The van der Waals surface area contributed by atoms with Crippen molar-refractivity contribution in [2.45, 2.75) is 25.6 Å². The van der Waals surface area contributed by atoms with Crippen molar-refractivity contribution in [2.24, 2.45) is 0 Å². The average Bonchev–Trinajstić information content (AvgIpc) is 2.57. The van der Waals surface area contributed by atoms with E-state index in [-0.39, 0.29) is 5.56 Å². The first-order chi connectivity index (χ1) is 12.8. The normalized spacial score (nSPS) is 16.1. The van der Waals surface area contributed by atoms with Crippen LogP contribution in [0.2, 0.25) is 0 Å². The number of likely N-dealkylation sites (tertiary alicyclic amines) is 1. The van der Waals surface area contributed by atoms with Crippen LogP contribution in [-0.4, -0.2) is 46.3 Å². The molecule has 1 aromatic heterocycles. The number of rotatable bonds is 6. The van der Waals surface area contributed by atoms with Crippen LogP contribution in [0.25, 0.3) is 0 Å². The Morgan fingerprint density at radius 3 is 2.70 bits per heavy atom. The fourth-order valence-corrected chi connectivity index (χ4v) is 3.63. The molecule has 1 saturated heterocycles. The maximum absolute atomic E-state index is 14.3. The van der Waals surface area contributed by atoms with Gasteiger partial charge in [0.2, 0.25) is 0 Å². The van der Waals surface area contributed by atoms with Crippen LogP contribution in [0.4, 0.5) is 8.78 Å². The molecule has 144 valence electrons. The molecule has 8 heteroatoms. The zero-order chi connectivity index (χ0) is 19.7. The second-order valence-corrected chi connectivity index (χ2v) is 7.67. The molecule has 1 unspecified atom stereocenters. The molecule has 0 saturated carbocycles. The number of carbonyl (C=O) groups is 1. The van der Waals surface area contributed by atoms with E-state index in [0.717, 1.165) is 16.2 Å². The van der Waals surface area contributed by atoms with Crippen LogP contribution in [0, 0.1) is 12.7 Å². The highest BCUT2D eigenvalue weighted by Gasteiger charge is 2.28. The summed E-state index contributed by atoms with van der Waals surface area (Å²) in [7, 11) is 0. The minimum absolute atomic E-state index is 0.0986. The first-order valence-corrected chi connectivity index (χ1v) is 9.31. The lowest BCUT2D eigenvalue weighted by Gasteiger charge is -2.34. The van der Waals surface area contributed by atoms with Gasteiger partial charge in [-0.15, -0.1) is 0 Å². The van der Waals surface area contributed by atoms with E-state index < -0.39 is 29.6 Å². The average molecular weight is 441 g/mol. The first kappa shape index (κ1) is 19.7. The maximum Gasteiger partial charge on any atom is 0.331 e. The van der Waals surface area contributed by atoms with Crippen molar-refractivity contribution < 1.29 is 18.7 Å². The van der Waals surface area contributed by atoms with Crippen LogP contribution in [0.3, 0.4) is 0 Å². The van der Waals surface area contributed by atoms with Crippen LogP contribution < -0.4 is 5.56 Å². The standard InChI is InChI=1S/C19H19BrF2N2O3/c1-11-6-12(4-5-23-9-14(21)10-23)8-24(18(11)25)17(19(26)27)15-7-13(20)2-3-16(15)22/h2-3,6-8,14,17H,4-5,9-10H2,1H3,(H,26,27). The van der Waals surface area contributed by atoms with Crippen molar-refractivity contribution in [1.29, 1.82) is 0 Å². The molecular weight excluding hydrogens is 422 g/mol. The number of nitrogens with zero attached hydrogens (tertiary/aromatic N) is 2. The zero-order valence-corrected chi connectivity index (χ0v) is 16.2. The quantitative estimate of drug-likeness (QED) is 0.749. The lowest BCUT2D eigenvalue weighted by molar-refractivity contribution is -0.139. The maximum atomic E-state index is 14.3. The third kappa shape index (κ3) is 4.27. The summed E-state index contributed by atoms with van der Waals surface area (Å²) in [5, 5.41) is 9.70. The summed E-state index contributed by atoms with van der Waals surface area (Å²) in [6, 6.07) is 4.21. The van der Waals surface area contributed by atoms with E-state index >= 15 is 0 Å². The molecule has 1 fully saturated rings. The zero-order valence-electron chi connectivity index (χ0n) is 14.7. The van der Waals surface area contributed by atoms with E-state index in [9.17, 15) is 23.5 Å². The number of alkyl halides is 1. The number of benzene rings is 1. The second kappa shape index (κ2) is 7.90. The van der Waals surface area contributed by atoms with Crippen molar-refractivity contribution >= 4 is 21.9 Å². The number of aromatic nitrogens is 1. The Bertz CT molecular complexity index is 926. The van der Waals surface area contributed by atoms with Gasteiger partial charge in [-0.1, -0.05) is 15.9 Å². The molecule has 2 heterocycles. The molecule has 3 rings (SSSR count). The van der Waals surface area contributed by atoms with Crippen LogP contribution in [-0.2, 0) is 11.2 Å². The minimum atomic E-state index is -1.48. The summed E-state index contributed by atoms with van der Waals surface area (Å²) in [5.74, 6) is -2.02. The summed E-state index contributed by atoms with van der Waals surface area (Å²) in [6.45, 7) is 2.99. The first-order valence-electron chi connectivity index (χ1n) is 8.52. The topological polar surface area (TPSA) is 62.5 Å². The highest BCUT2D eigenvalue weighted by atomic mass is 79.9. The Kier molecular flexibility index (Phi) is 5.76. The highest BCUT2D eigenvalue weighted by Crippen LogP contribution is 2.25. The van der Waals surface area contributed by atoms with Gasteiger partial charge < -0.3 is 5.11 Å². The number of pyridine rings is 1. The lowest BCUT2D eigenvalue weighted by Crippen LogP contribution is -2.49. The highest BCUT2D eigenvalue weighted by molar-refractivity contribution is 9.10. The monoisotopic (exact) mass is 440 g/mol. The number of hydrogen-bond donors (Lipinski definition) is 1. The van der Waals surface area contributed by atoms with Gasteiger partial charge in [0.05, 0.1) is 0 Å². The number of halogens is 3. The molecule has 1 aliphatic heterocycles. The van der Waals surface area contributed by atoms with Gasteiger partial charge in [0.1, 0.15) is 12.0 Å². The van der Waals surface area contributed by atoms with Crippen molar-refractivity contribution in [3.63, 3.8) is 0 Å². The second-order valence-electron chi connectivity index (χ2n) is 6.76. The van der Waals surface area contributed by atoms with Crippen LogP contribution in [0.15, 0.2) is 39.7 Å². The third-order valence-electron chi connectivity index (χ3n) is 4.67. The Hall–Kier alpha value is -2.06. The van der Waals surface area contributed by atoms with Crippen LogP contribution in [0.1, 0.15) is 22.7 Å². The molecule has 1 aromatic carbocycles. The Balaban J connectivity index is 1.97. The molecule has 0 aliphatic carbocycles. The fourth-order valence-electron chi connectivity index (χ4n) is 3.25. The SMILES string of the molecule is Cc1cc(CCN2CC(F)C2)cn(C(C(=O)O)c2cc(Br)ccc2F)c1=O. The van der Waals surface area contributed by atoms with Gasteiger partial charge in [0.15, 0.2) is 6.04 Å². The minimum Gasteiger partial charge on any atom is -0.479 e. The number of hydrogen-bond acceptors (Lipinski definition) is 3. The largest absolute Gasteiger partial charge is 0.479 e. The van der Waals surface area contributed by atoms with E-state index in [1.165, 1.54) is 18.3 Å². The molecule has 1 aliphatic rings. The van der Waals surface area contributed by atoms with E-state index in [1.807, 2.05) is 4.90 Å². The molecule has 0 radical (unpaired) electrons. The lowest BCUT2D eigenvalue weighted by atomic mass is 10.0. The Morgan fingerprint density at radius 2 is 2.07 bits per heavy atom. The van der Waals surface area contributed by atoms with Crippen LogP contribution >= 0.6 is 15.9 Å². The Morgan fingerprint density at radius 1 is 1.37 bits per heavy atom. The van der Waals surface area contributed by atoms with Gasteiger partial charge in [-0.3, -0.25) is 14.3 Å². The summed E-state index contributed by atoms with van der Waals surface area (Å²) >= 11 is 3.21. The molecule has 1 atom stereocenters. The summed E-state index contributed by atoms with van der Waals surface area (Å²) < 4.78 is 28.8. The van der Waals surface area contributed by atoms with Gasteiger partial charge >= 0.3 is 5.97 Å². The number of aryl methyl sites for hydroxylation is 1. The van der Waals surface area contributed by atoms with E-state index in [2.05, 4.69) is 15.9 Å². The smallest absolute Gasteiger partial charge is 0.331 e. The van der Waals surface area contributed by atoms with Crippen molar-refractivity contribution in [2.75, 3.05) is 19.6 Å². The van der Waals surface area contributed by atoms with Gasteiger partial charge in [0.25, 0.3) is 5.56 Å².